The van der Waals surface area contributed by atoms with Crippen molar-refractivity contribution in [3.8, 4) is 17.2 Å². The standard InChI is InChI=1S/C20H11F4N3O3/c1-29-17-15(23)13(21)12(14(22)16(17)24)19(28)26-10-6-4-9(5-7-10)20-27-18-11(30-20)3-2-8-25-18/h2-8H,1H3,(H,26,28). The molecule has 0 aliphatic carbocycles. The number of hydrogen-bond acceptors (Lipinski definition) is 5. The van der Waals surface area contributed by atoms with E-state index in [9.17, 15) is 22.4 Å². The molecule has 6 nitrogen and oxygen atoms in total. The summed E-state index contributed by atoms with van der Waals surface area (Å²) in [5, 5.41) is 2.18. The Bertz CT molecular complexity index is 1210. The van der Waals surface area contributed by atoms with Crippen molar-refractivity contribution in [3.63, 3.8) is 0 Å². The first-order chi connectivity index (χ1) is 14.4. The second-order valence-electron chi connectivity index (χ2n) is 6.04. The smallest absolute Gasteiger partial charge is 0.261 e. The summed E-state index contributed by atoms with van der Waals surface area (Å²) in [5.41, 5.74) is 0.164. The number of methoxy groups -OCH3 is 1. The number of nitrogens with zero attached hydrogens (tertiary/aromatic N) is 2. The van der Waals surface area contributed by atoms with Gasteiger partial charge in [-0.1, -0.05) is 0 Å². The lowest BCUT2D eigenvalue weighted by atomic mass is 10.1. The molecule has 0 bridgehead atoms. The minimum Gasteiger partial charge on any atom is -0.491 e. The summed E-state index contributed by atoms with van der Waals surface area (Å²) in [6.45, 7) is 0. The minimum atomic E-state index is -1.86. The zero-order valence-corrected chi connectivity index (χ0v) is 15.2. The lowest BCUT2D eigenvalue weighted by Gasteiger charge is -2.11. The third-order valence-corrected chi connectivity index (χ3v) is 4.21. The molecule has 4 rings (SSSR count). The number of pyridine rings is 1. The van der Waals surface area contributed by atoms with Gasteiger partial charge in [0.25, 0.3) is 5.91 Å². The fourth-order valence-corrected chi connectivity index (χ4v) is 2.77. The van der Waals surface area contributed by atoms with Gasteiger partial charge in [-0.25, -0.2) is 13.8 Å². The first-order valence-electron chi connectivity index (χ1n) is 8.44. The zero-order valence-electron chi connectivity index (χ0n) is 15.2. The lowest BCUT2D eigenvalue weighted by molar-refractivity contribution is 0.101. The molecular formula is C20H11F4N3O3. The summed E-state index contributed by atoms with van der Waals surface area (Å²) in [7, 11) is 0.842. The van der Waals surface area contributed by atoms with Crippen LogP contribution in [0, 0.1) is 23.3 Å². The van der Waals surface area contributed by atoms with Gasteiger partial charge in [0.05, 0.1) is 7.11 Å². The van der Waals surface area contributed by atoms with Gasteiger partial charge in [-0.15, -0.1) is 0 Å². The molecular weight excluding hydrogens is 406 g/mol. The number of carbonyl (C=O) groups is 1. The van der Waals surface area contributed by atoms with Gasteiger partial charge in [-0.05, 0) is 36.4 Å². The van der Waals surface area contributed by atoms with Crippen LogP contribution in [0.15, 0.2) is 47.0 Å². The second-order valence-corrected chi connectivity index (χ2v) is 6.04. The number of anilines is 1. The van der Waals surface area contributed by atoms with Crippen LogP contribution in [-0.4, -0.2) is 23.0 Å². The number of hydrogen-bond donors (Lipinski definition) is 1. The summed E-state index contributed by atoms with van der Waals surface area (Å²) in [6, 6.07) is 9.26. The van der Waals surface area contributed by atoms with Crippen molar-refractivity contribution in [1.29, 1.82) is 0 Å². The molecule has 1 N–H and O–H groups in total. The number of aromatic nitrogens is 2. The highest BCUT2D eigenvalue weighted by atomic mass is 19.2. The van der Waals surface area contributed by atoms with Gasteiger partial charge >= 0.3 is 0 Å². The largest absolute Gasteiger partial charge is 0.491 e. The predicted octanol–water partition coefficient (Wildman–Crippen LogP) is 4.71. The molecule has 30 heavy (non-hydrogen) atoms. The molecule has 0 fully saturated rings. The molecule has 2 heterocycles. The summed E-state index contributed by atoms with van der Waals surface area (Å²) in [5.74, 6) is -9.68. The van der Waals surface area contributed by atoms with Crippen molar-refractivity contribution in [3.05, 3.63) is 71.4 Å². The summed E-state index contributed by atoms with van der Waals surface area (Å²) in [6.07, 6.45) is 1.57. The van der Waals surface area contributed by atoms with Crippen molar-refractivity contribution in [1.82, 2.24) is 9.97 Å². The highest BCUT2D eigenvalue weighted by molar-refractivity contribution is 6.05. The van der Waals surface area contributed by atoms with E-state index in [4.69, 9.17) is 4.42 Å². The molecule has 1 amide bonds. The maximum absolute atomic E-state index is 14.1. The maximum atomic E-state index is 14.1. The number of benzene rings is 2. The lowest BCUT2D eigenvalue weighted by Crippen LogP contribution is -2.18. The van der Waals surface area contributed by atoms with E-state index in [1.54, 1.807) is 18.3 Å². The summed E-state index contributed by atoms with van der Waals surface area (Å²) < 4.78 is 65.7. The molecule has 2 aromatic carbocycles. The van der Waals surface area contributed by atoms with Crippen LogP contribution in [0.1, 0.15) is 10.4 Å². The predicted molar refractivity (Wildman–Crippen MR) is 98.0 cm³/mol. The van der Waals surface area contributed by atoms with Crippen LogP contribution in [0.2, 0.25) is 0 Å². The van der Waals surface area contributed by atoms with Crippen molar-refractivity contribution >= 4 is 22.8 Å². The average molecular weight is 417 g/mol. The van der Waals surface area contributed by atoms with E-state index in [0.717, 1.165) is 7.11 Å². The number of fused-ring (bicyclic) bond motifs is 1. The Balaban J connectivity index is 1.60. The number of rotatable bonds is 4. The highest BCUT2D eigenvalue weighted by Crippen LogP contribution is 2.30. The Morgan fingerprint density at radius 1 is 1.00 bits per heavy atom. The van der Waals surface area contributed by atoms with Crippen molar-refractivity contribution in [2.24, 2.45) is 0 Å². The Morgan fingerprint density at radius 2 is 1.67 bits per heavy atom. The fourth-order valence-electron chi connectivity index (χ4n) is 2.77. The number of oxazole rings is 1. The third kappa shape index (κ3) is 3.21. The molecule has 0 aliphatic heterocycles. The summed E-state index contributed by atoms with van der Waals surface area (Å²) in [4.78, 5) is 20.5. The van der Waals surface area contributed by atoms with E-state index in [1.165, 1.54) is 24.3 Å². The van der Waals surface area contributed by atoms with Crippen LogP contribution < -0.4 is 10.1 Å². The highest BCUT2D eigenvalue weighted by Gasteiger charge is 2.30. The van der Waals surface area contributed by atoms with Crippen molar-refractivity contribution in [2.45, 2.75) is 0 Å². The number of halogens is 4. The third-order valence-electron chi connectivity index (χ3n) is 4.21. The Kier molecular flexibility index (Phi) is 4.82. The van der Waals surface area contributed by atoms with Crippen LogP contribution in [0.5, 0.6) is 5.75 Å². The van der Waals surface area contributed by atoms with Gasteiger partial charge in [-0.3, -0.25) is 4.79 Å². The topological polar surface area (TPSA) is 77.2 Å². The van der Waals surface area contributed by atoms with Crippen LogP contribution in [0.25, 0.3) is 22.7 Å². The van der Waals surface area contributed by atoms with Gasteiger partial charge in [0, 0.05) is 17.4 Å². The molecule has 2 aromatic heterocycles. The van der Waals surface area contributed by atoms with Gasteiger partial charge in [0.1, 0.15) is 5.56 Å². The van der Waals surface area contributed by atoms with Crippen molar-refractivity contribution in [2.75, 3.05) is 12.4 Å². The SMILES string of the molecule is COc1c(F)c(F)c(C(=O)Nc2ccc(-c3nc4ncccc4o3)cc2)c(F)c1F. The van der Waals surface area contributed by atoms with Crippen LogP contribution >= 0.6 is 0 Å². The van der Waals surface area contributed by atoms with E-state index in [2.05, 4.69) is 20.0 Å². The molecule has 0 aliphatic rings. The molecule has 0 saturated carbocycles. The Morgan fingerprint density at radius 3 is 2.27 bits per heavy atom. The normalized spacial score (nSPS) is 11.0. The average Bonchev–Trinajstić information content (AvgIpc) is 3.18. The number of ether oxygens (including phenoxy) is 1. The first-order valence-corrected chi connectivity index (χ1v) is 8.44. The summed E-state index contributed by atoms with van der Waals surface area (Å²) >= 11 is 0. The Labute approximate surface area is 166 Å². The van der Waals surface area contributed by atoms with Gasteiger partial charge in [0.15, 0.2) is 28.6 Å². The van der Waals surface area contributed by atoms with E-state index in [-0.39, 0.29) is 11.6 Å². The fraction of sp³-hybridized carbons (Fsp3) is 0.0500. The van der Waals surface area contributed by atoms with E-state index in [0.29, 0.717) is 16.8 Å². The minimum absolute atomic E-state index is 0.119. The molecule has 0 spiro atoms. The first kappa shape index (κ1) is 19.4. The van der Waals surface area contributed by atoms with Gasteiger partial charge < -0.3 is 14.5 Å². The molecule has 4 aromatic rings. The molecule has 152 valence electrons. The molecule has 0 saturated heterocycles. The van der Waals surface area contributed by atoms with E-state index < -0.39 is 40.5 Å². The monoisotopic (exact) mass is 417 g/mol. The quantitative estimate of drug-likeness (QED) is 0.385. The second kappa shape index (κ2) is 7.47. The number of nitrogens with one attached hydrogen (secondary N) is 1. The number of carbonyl (C=O) groups excluding carboxylic acids is 1. The number of amides is 1. The van der Waals surface area contributed by atoms with Crippen LogP contribution in [0.4, 0.5) is 23.2 Å². The molecule has 0 radical (unpaired) electrons. The van der Waals surface area contributed by atoms with Gasteiger partial charge in [0.2, 0.25) is 17.5 Å². The molecule has 10 heteroatoms. The molecule has 0 atom stereocenters. The van der Waals surface area contributed by atoms with Crippen molar-refractivity contribution < 1.29 is 31.5 Å². The van der Waals surface area contributed by atoms with Crippen LogP contribution in [-0.2, 0) is 0 Å². The zero-order chi connectivity index (χ0) is 21.4. The maximum Gasteiger partial charge on any atom is 0.261 e. The van der Waals surface area contributed by atoms with E-state index in [1.807, 2.05) is 0 Å². The Hall–Kier alpha value is -3.95. The molecule has 0 unspecified atom stereocenters. The van der Waals surface area contributed by atoms with E-state index >= 15 is 0 Å². The van der Waals surface area contributed by atoms with Crippen LogP contribution in [0.3, 0.4) is 0 Å². The van der Waals surface area contributed by atoms with Gasteiger partial charge in [-0.2, -0.15) is 13.8 Å².